The molecule has 0 bridgehead atoms. The number of rotatable bonds is 8. The van der Waals surface area contributed by atoms with Gasteiger partial charge in [0.05, 0.1) is 12.0 Å². The molecule has 1 aromatic carbocycles. The Labute approximate surface area is 145 Å². The van der Waals surface area contributed by atoms with Crippen molar-refractivity contribution in [3.63, 3.8) is 0 Å². The smallest absolute Gasteiger partial charge is 0.230 e. The van der Waals surface area contributed by atoms with Crippen molar-refractivity contribution >= 4 is 17.7 Å². The summed E-state index contributed by atoms with van der Waals surface area (Å²) in [5.41, 5.74) is 1.22. The van der Waals surface area contributed by atoms with Gasteiger partial charge in [0, 0.05) is 24.7 Å². The molecular formula is C18H19N3O2S. The van der Waals surface area contributed by atoms with Gasteiger partial charge >= 0.3 is 0 Å². The number of carbonyl (C=O) groups is 1. The van der Waals surface area contributed by atoms with E-state index >= 15 is 0 Å². The molecule has 1 amide bonds. The molecule has 0 aliphatic rings. The van der Waals surface area contributed by atoms with E-state index in [0.29, 0.717) is 12.3 Å². The van der Waals surface area contributed by atoms with Crippen molar-refractivity contribution in [3.8, 4) is 0 Å². The van der Waals surface area contributed by atoms with E-state index in [1.165, 1.54) is 5.56 Å². The molecule has 124 valence electrons. The number of carbonyl (C=O) groups excluding carboxylic acids is 1. The molecular weight excluding hydrogens is 322 g/mol. The Bertz CT molecular complexity index is 693. The topological polar surface area (TPSA) is 60.1 Å². The molecule has 2 aromatic heterocycles. The molecule has 5 nitrogen and oxygen atoms in total. The van der Waals surface area contributed by atoms with Crippen LogP contribution in [-0.4, -0.2) is 28.0 Å². The van der Waals surface area contributed by atoms with Crippen LogP contribution in [0.25, 0.3) is 0 Å². The zero-order chi connectivity index (χ0) is 16.6. The van der Waals surface area contributed by atoms with E-state index in [0.717, 1.165) is 11.5 Å². The standard InChI is InChI=1S/C18H19N3O2S/c22-18(14-24-13-15-6-2-1-3-7-15)19-12-16(17-8-4-11-23-17)21-10-5-9-20-21/h1-11,16H,12-14H2,(H,19,22)/t16-/m0/s1. The molecule has 2 heterocycles. The van der Waals surface area contributed by atoms with Crippen LogP contribution in [0.15, 0.2) is 71.6 Å². The highest BCUT2D eigenvalue weighted by Crippen LogP contribution is 2.17. The second-order valence-corrected chi connectivity index (χ2v) is 6.29. The second-order valence-electron chi connectivity index (χ2n) is 5.30. The average molecular weight is 341 g/mol. The van der Waals surface area contributed by atoms with Gasteiger partial charge in [0.2, 0.25) is 5.91 Å². The molecule has 0 saturated heterocycles. The molecule has 0 radical (unpaired) electrons. The number of nitrogens with zero attached hydrogens (tertiary/aromatic N) is 2. The Balaban J connectivity index is 1.49. The van der Waals surface area contributed by atoms with Crippen molar-refractivity contribution in [2.24, 2.45) is 0 Å². The third-order valence-electron chi connectivity index (χ3n) is 3.55. The van der Waals surface area contributed by atoms with Gasteiger partial charge in [-0.15, -0.1) is 11.8 Å². The summed E-state index contributed by atoms with van der Waals surface area (Å²) >= 11 is 1.60. The van der Waals surface area contributed by atoms with Gasteiger partial charge < -0.3 is 9.73 Å². The van der Waals surface area contributed by atoms with Gasteiger partial charge in [-0.1, -0.05) is 30.3 Å². The first kappa shape index (κ1) is 16.4. The van der Waals surface area contributed by atoms with Crippen molar-refractivity contribution in [2.75, 3.05) is 12.3 Å². The number of hydrogen-bond acceptors (Lipinski definition) is 4. The van der Waals surface area contributed by atoms with E-state index in [-0.39, 0.29) is 11.9 Å². The molecule has 0 spiro atoms. The molecule has 0 unspecified atom stereocenters. The van der Waals surface area contributed by atoms with Gasteiger partial charge in [-0.25, -0.2) is 0 Å². The normalized spacial score (nSPS) is 12.0. The Kier molecular flexibility index (Phi) is 5.74. The van der Waals surface area contributed by atoms with Gasteiger partial charge in [-0.3, -0.25) is 9.48 Å². The summed E-state index contributed by atoms with van der Waals surface area (Å²) in [7, 11) is 0. The molecule has 3 aromatic rings. The Morgan fingerprint density at radius 3 is 2.79 bits per heavy atom. The van der Waals surface area contributed by atoms with E-state index in [4.69, 9.17) is 4.42 Å². The Morgan fingerprint density at radius 1 is 1.21 bits per heavy atom. The van der Waals surface area contributed by atoms with E-state index in [1.54, 1.807) is 28.9 Å². The predicted octanol–water partition coefficient (Wildman–Crippen LogP) is 3.12. The van der Waals surface area contributed by atoms with Crippen LogP contribution in [0.5, 0.6) is 0 Å². The molecule has 6 heteroatoms. The third kappa shape index (κ3) is 4.52. The summed E-state index contributed by atoms with van der Waals surface area (Å²) in [4.78, 5) is 12.1. The van der Waals surface area contributed by atoms with E-state index in [9.17, 15) is 4.79 Å². The number of hydrogen-bond donors (Lipinski definition) is 1. The van der Waals surface area contributed by atoms with Crippen LogP contribution >= 0.6 is 11.8 Å². The highest BCUT2D eigenvalue weighted by atomic mass is 32.2. The zero-order valence-corrected chi connectivity index (χ0v) is 14.0. The minimum Gasteiger partial charge on any atom is -0.467 e. The largest absolute Gasteiger partial charge is 0.467 e. The maximum atomic E-state index is 12.1. The number of furan rings is 1. The summed E-state index contributed by atoms with van der Waals surface area (Å²) in [5.74, 6) is 2.05. The van der Waals surface area contributed by atoms with E-state index in [2.05, 4.69) is 22.5 Å². The third-order valence-corrected chi connectivity index (χ3v) is 4.56. The van der Waals surface area contributed by atoms with E-state index < -0.39 is 0 Å². The highest BCUT2D eigenvalue weighted by molar-refractivity contribution is 7.99. The van der Waals surface area contributed by atoms with Crippen molar-refractivity contribution in [3.05, 3.63) is 78.5 Å². The molecule has 0 aliphatic heterocycles. The SMILES string of the molecule is O=C(CSCc1ccccc1)NC[C@@H](c1ccco1)n1cccn1. The minimum absolute atomic E-state index is 0.0136. The Morgan fingerprint density at radius 2 is 2.08 bits per heavy atom. The van der Waals surface area contributed by atoms with E-state index in [1.807, 2.05) is 42.6 Å². The predicted molar refractivity (Wildman–Crippen MR) is 94.7 cm³/mol. The van der Waals surface area contributed by atoms with Gasteiger partial charge in [-0.05, 0) is 23.8 Å². The van der Waals surface area contributed by atoms with Gasteiger partial charge in [0.15, 0.2) is 0 Å². The zero-order valence-electron chi connectivity index (χ0n) is 13.2. The molecule has 0 aliphatic carbocycles. The summed E-state index contributed by atoms with van der Waals surface area (Å²) < 4.78 is 7.26. The van der Waals surface area contributed by atoms with Gasteiger partial charge in [-0.2, -0.15) is 5.10 Å². The lowest BCUT2D eigenvalue weighted by atomic mass is 10.2. The highest BCUT2D eigenvalue weighted by Gasteiger charge is 2.17. The fourth-order valence-corrected chi connectivity index (χ4v) is 3.19. The molecule has 3 rings (SSSR count). The molecule has 0 saturated carbocycles. The molecule has 24 heavy (non-hydrogen) atoms. The number of thioether (sulfide) groups is 1. The second kappa shape index (κ2) is 8.40. The average Bonchev–Trinajstić information content (AvgIpc) is 3.30. The van der Waals surface area contributed by atoms with Crippen molar-refractivity contribution in [2.45, 2.75) is 11.8 Å². The van der Waals surface area contributed by atoms with Crippen LogP contribution in [0, 0.1) is 0 Å². The first-order valence-electron chi connectivity index (χ1n) is 7.74. The Hall–Kier alpha value is -2.47. The molecule has 1 N–H and O–H groups in total. The lowest BCUT2D eigenvalue weighted by Gasteiger charge is -2.16. The van der Waals surface area contributed by atoms with Crippen LogP contribution in [0.3, 0.4) is 0 Å². The lowest BCUT2D eigenvalue weighted by molar-refractivity contribution is -0.118. The molecule has 0 fully saturated rings. The number of amides is 1. The van der Waals surface area contributed by atoms with Gasteiger partial charge in [0.25, 0.3) is 0 Å². The number of nitrogens with one attached hydrogen (secondary N) is 1. The fourth-order valence-electron chi connectivity index (χ4n) is 2.37. The summed E-state index contributed by atoms with van der Waals surface area (Å²) in [6.45, 7) is 0.444. The summed E-state index contributed by atoms with van der Waals surface area (Å²) in [5, 5.41) is 7.22. The first-order chi connectivity index (χ1) is 11.8. The molecule has 1 atom stereocenters. The van der Waals surface area contributed by atoms with Crippen LogP contribution in [0.2, 0.25) is 0 Å². The summed E-state index contributed by atoms with van der Waals surface area (Å²) in [6, 6.07) is 15.6. The van der Waals surface area contributed by atoms with Crippen LogP contribution < -0.4 is 5.32 Å². The van der Waals surface area contributed by atoms with Crippen LogP contribution in [0.4, 0.5) is 0 Å². The number of benzene rings is 1. The summed E-state index contributed by atoms with van der Waals surface area (Å²) in [6.07, 6.45) is 5.21. The monoisotopic (exact) mass is 341 g/mol. The van der Waals surface area contributed by atoms with Crippen molar-refractivity contribution in [1.29, 1.82) is 0 Å². The maximum absolute atomic E-state index is 12.1. The lowest BCUT2D eigenvalue weighted by Crippen LogP contribution is -2.32. The first-order valence-corrected chi connectivity index (χ1v) is 8.89. The van der Waals surface area contributed by atoms with Gasteiger partial charge in [0.1, 0.15) is 11.8 Å². The van der Waals surface area contributed by atoms with Crippen molar-refractivity contribution in [1.82, 2.24) is 15.1 Å². The maximum Gasteiger partial charge on any atom is 0.230 e. The van der Waals surface area contributed by atoms with Crippen LogP contribution in [-0.2, 0) is 10.5 Å². The fraction of sp³-hybridized carbons (Fsp3) is 0.222. The van der Waals surface area contributed by atoms with Crippen molar-refractivity contribution < 1.29 is 9.21 Å². The number of aromatic nitrogens is 2. The quantitative estimate of drug-likeness (QED) is 0.684. The minimum atomic E-state index is -0.141. The van der Waals surface area contributed by atoms with Crippen LogP contribution in [0.1, 0.15) is 17.4 Å².